The number of carbonyl (C=O) groups is 1. The molecular weight excluding hydrogens is 350 g/mol. The second-order valence-electron chi connectivity index (χ2n) is 6.61. The van der Waals surface area contributed by atoms with E-state index in [1.54, 1.807) is 13.8 Å². The number of aromatic amines is 1. The van der Waals surface area contributed by atoms with Gasteiger partial charge in [0.15, 0.2) is 29.3 Å². The summed E-state index contributed by atoms with van der Waals surface area (Å²) in [7, 11) is 0. The van der Waals surface area contributed by atoms with Gasteiger partial charge in [-0.15, -0.1) is 0 Å². The number of aromatic nitrogens is 4. The van der Waals surface area contributed by atoms with E-state index in [9.17, 15) is 14.7 Å². The lowest BCUT2D eigenvalue weighted by Gasteiger charge is -2.25. The van der Waals surface area contributed by atoms with Crippen LogP contribution in [0.4, 0.5) is 5.95 Å². The highest BCUT2D eigenvalue weighted by Gasteiger charge is 2.59. The number of nitrogens with zero attached hydrogens (tertiary/aromatic N) is 3. The number of fused-ring (bicyclic) bond motifs is 2. The van der Waals surface area contributed by atoms with Crippen molar-refractivity contribution in [2.75, 3.05) is 5.73 Å². The van der Waals surface area contributed by atoms with Crippen LogP contribution in [0.1, 0.15) is 20.1 Å². The number of imidazole rings is 1. The minimum atomic E-state index is -1.82. The third kappa shape index (κ3) is 2.46. The lowest BCUT2D eigenvalue weighted by Crippen LogP contribution is -2.42. The van der Waals surface area contributed by atoms with Crippen LogP contribution in [0.5, 0.6) is 0 Å². The van der Waals surface area contributed by atoms with Crippen molar-refractivity contribution < 1.29 is 29.2 Å². The fraction of sp³-hybridized carbons (Fsp3) is 0.571. The Morgan fingerprint density at radius 1 is 1.42 bits per heavy atom. The number of aliphatic carboxylic acids is 1. The van der Waals surface area contributed by atoms with Gasteiger partial charge in [0.2, 0.25) is 5.95 Å². The second kappa shape index (κ2) is 5.48. The van der Waals surface area contributed by atoms with Gasteiger partial charge in [0, 0.05) is 0 Å². The van der Waals surface area contributed by atoms with Crippen LogP contribution in [0.15, 0.2) is 11.1 Å². The van der Waals surface area contributed by atoms with Crippen LogP contribution >= 0.6 is 0 Å². The van der Waals surface area contributed by atoms with Gasteiger partial charge in [0.05, 0.1) is 6.33 Å². The average Bonchev–Trinajstić information content (AvgIpc) is 3.17. The summed E-state index contributed by atoms with van der Waals surface area (Å²) in [6, 6.07) is 0. The van der Waals surface area contributed by atoms with Gasteiger partial charge in [0.1, 0.15) is 18.3 Å². The SMILES string of the molecule is CC1(C)O[C@@H]2[C@H](O1)[C@@H](C(O)C(=O)O)O[C@H]2n1cnc2c(=O)[nH]c(N)nc21. The van der Waals surface area contributed by atoms with E-state index in [0.717, 1.165) is 0 Å². The molecule has 2 aromatic heterocycles. The Labute approximate surface area is 145 Å². The molecule has 0 saturated carbocycles. The molecule has 5 N–H and O–H groups in total. The number of aliphatic hydroxyl groups is 1. The van der Waals surface area contributed by atoms with Crippen molar-refractivity contribution in [1.82, 2.24) is 19.5 Å². The molecule has 2 saturated heterocycles. The number of aliphatic hydroxyl groups excluding tert-OH is 1. The topological polar surface area (TPSA) is 175 Å². The number of hydrogen-bond donors (Lipinski definition) is 4. The molecule has 0 bridgehead atoms. The van der Waals surface area contributed by atoms with E-state index in [4.69, 9.17) is 25.1 Å². The number of ether oxygens (including phenoxy) is 3. The van der Waals surface area contributed by atoms with E-state index in [1.165, 1.54) is 10.9 Å². The van der Waals surface area contributed by atoms with Crippen molar-refractivity contribution >= 4 is 23.1 Å². The van der Waals surface area contributed by atoms with Crippen LogP contribution < -0.4 is 11.3 Å². The summed E-state index contributed by atoms with van der Waals surface area (Å²) in [6.45, 7) is 3.33. The number of nitrogen functional groups attached to an aromatic ring is 1. The molecule has 2 aliphatic rings. The minimum absolute atomic E-state index is 0.0414. The van der Waals surface area contributed by atoms with Gasteiger partial charge in [-0.3, -0.25) is 14.3 Å². The zero-order valence-corrected chi connectivity index (χ0v) is 13.8. The average molecular weight is 367 g/mol. The van der Waals surface area contributed by atoms with Gasteiger partial charge in [-0.25, -0.2) is 9.78 Å². The zero-order chi connectivity index (χ0) is 18.8. The Hall–Kier alpha value is -2.54. The van der Waals surface area contributed by atoms with Crippen molar-refractivity contribution in [3.8, 4) is 0 Å². The predicted octanol–water partition coefficient (Wildman–Crippen LogP) is -1.44. The molecule has 140 valence electrons. The first-order chi connectivity index (χ1) is 12.2. The maximum atomic E-state index is 12.0. The fourth-order valence-corrected chi connectivity index (χ4v) is 3.36. The van der Waals surface area contributed by atoms with Crippen molar-refractivity contribution in [2.45, 2.75) is 50.3 Å². The summed E-state index contributed by atoms with van der Waals surface area (Å²) in [5.74, 6) is -2.56. The van der Waals surface area contributed by atoms with Crippen molar-refractivity contribution in [1.29, 1.82) is 0 Å². The molecule has 0 aromatic carbocycles. The highest BCUT2D eigenvalue weighted by Crippen LogP contribution is 2.44. The normalized spacial score (nSPS) is 31.2. The van der Waals surface area contributed by atoms with E-state index in [-0.39, 0.29) is 17.1 Å². The second-order valence-corrected chi connectivity index (χ2v) is 6.61. The molecular formula is C14H17N5O7. The molecule has 12 nitrogen and oxygen atoms in total. The highest BCUT2D eigenvalue weighted by atomic mass is 16.8. The molecule has 0 amide bonds. The van der Waals surface area contributed by atoms with Crippen LogP contribution in [0, 0.1) is 0 Å². The van der Waals surface area contributed by atoms with Crippen LogP contribution in [0.3, 0.4) is 0 Å². The van der Waals surface area contributed by atoms with Gasteiger partial charge in [-0.05, 0) is 13.8 Å². The van der Waals surface area contributed by atoms with Crippen molar-refractivity contribution in [3.63, 3.8) is 0 Å². The Morgan fingerprint density at radius 2 is 2.12 bits per heavy atom. The van der Waals surface area contributed by atoms with Crippen molar-refractivity contribution in [2.24, 2.45) is 0 Å². The number of H-pyrrole nitrogens is 1. The minimum Gasteiger partial charge on any atom is -0.479 e. The van der Waals surface area contributed by atoms with E-state index < -0.39 is 48.0 Å². The van der Waals surface area contributed by atoms with E-state index >= 15 is 0 Å². The van der Waals surface area contributed by atoms with E-state index in [2.05, 4.69) is 15.0 Å². The fourth-order valence-electron chi connectivity index (χ4n) is 3.36. The molecule has 5 atom stereocenters. The molecule has 26 heavy (non-hydrogen) atoms. The first-order valence-corrected chi connectivity index (χ1v) is 7.82. The molecule has 4 heterocycles. The molecule has 0 aliphatic carbocycles. The summed E-state index contributed by atoms with van der Waals surface area (Å²) in [5, 5.41) is 19.1. The van der Waals surface area contributed by atoms with Gasteiger partial charge >= 0.3 is 5.97 Å². The number of anilines is 1. The molecule has 2 aromatic rings. The molecule has 4 rings (SSSR count). The summed E-state index contributed by atoms with van der Waals surface area (Å²) in [5.41, 5.74) is 5.26. The third-order valence-corrected chi connectivity index (χ3v) is 4.35. The lowest BCUT2D eigenvalue weighted by atomic mass is 10.1. The quantitative estimate of drug-likeness (QED) is 0.503. The molecule has 0 radical (unpaired) electrons. The summed E-state index contributed by atoms with van der Waals surface area (Å²) in [4.78, 5) is 33.6. The summed E-state index contributed by atoms with van der Waals surface area (Å²) >= 11 is 0. The standard InChI is InChI=1S/C14H17N5O7/c1-14(2)25-7-6(5(20)12(22)23)24-11(8(7)26-14)19-3-16-4-9(19)17-13(15)18-10(4)21/h3,5-8,11,20H,1-2H3,(H,22,23)(H3,15,17,18,21)/t5?,6-,7-,8-,11-/m1/s1. The Bertz CT molecular complexity index is 937. The van der Waals surface area contributed by atoms with Gasteiger partial charge < -0.3 is 30.2 Å². The number of hydrogen-bond acceptors (Lipinski definition) is 9. The first-order valence-electron chi connectivity index (χ1n) is 7.82. The first kappa shape index (κ1) is 16.9. The van der Waals surface area contributed by atoms with Crippen LogP contribution in [-0.4, -0.2) is 65.9 Å². The lowest BCUT2D eigenvalue weighted by molar-refractivity contribution is -0.210. The molecule has 2 fully saturated rings. The molecule has 0 spiro atoms. The number of rotatable bonds is 3. The van der Waals surface area contributed by atoms with Crippen LogP contribution in [-0.2, 0) is 19.0 Å². The maximum absolute atomic E-state index is 12.0. The Morgan fingerprint density at radius 3 is 2.81 bits per heavy atom. The number of nitrogens with two attached hydrogens (primary N) is 1. The maximum Gasteiger partial charge on any atom is 0.335 e. The summed E-state index contributed by atoms with van der Waals surface area (Å²) in [6.07, 6.45) is -4.18. The Balaban J connectivity index is 1.79. The van der Waals surface area contributed by atoms with Gasteiger partial charge in [0.25, 0.3) is 5.56 Å². The number of nitrogens with one attached hydrogen (secondary N) is 1. The molecule has 2 aliphatic heterocycles. The van der Waals surface area contributed by atoms with Crippen LogP contribution in [0.2, 0.25) is 0 Å². The molecule has 12 heteroatoms. The largest absolute Gasteiger partial charge is 0.479 e. The smallest absolute Gasteiger partial charge is 0.335 e. The Kier molecular flexibility index (Phi) is 3.56. The van der Waals surface area contributed by atoms with Gasteiger partial charge in [-0.2, -0.15) is 4.98 Å². The van der Waals surface area contributed by atoms with Crippen molar-refractivity contribution in [3.05, 3.63) is 16.7 Å². The van der Waals surface area contributed by atoms with Gasteiger partial charge in [-0.1, -0.05) is 0 Å². The number of carboxylic acids is 1. The zero-order valence-electron chi connectivity index (χ0n) is 13.8. The highest BCUT2D eigenvalue weighted by molar-refractivity contribution is 5.73. The number of carboxylic acid groups (broad SMARTS) is 1. The predicted molar refractivity (Wildman–Crippen MR) is 83.9 cm³/mol. The van der Waals surface area contributed by atoms with E-state index in [0.29, 0.717) is 0 Å². The third-order valence-electron chi connectivity index (χ3n) is 4.35. The van der Waals surface area contributed by atoms with E-state index in [1.807, 2.05) is 0 Å². The summed E-state index contributed by atoms with van der Waals surface area (Å²) < 4.78 is 18.7. The monoisotopic (exact) mass is 367 g/mol. The molecule has 1 unspecified atom stereocenters. The van der Waals surface area contributed by atoms with Crippen LogP contribution in [0.25, 0.3) is 11.2 Å².